The summed E-state index contributed by atoms with van der Waals surface area (Å²) in [6.45, 7) is 4.18. The standard InChI is InChI=1S/C13H16BrFN2O/c14-13-8-11(15)2-1-10(13)7-12(18)9-17-5-3-16-4-6-17/h1-2,8,16H,3-7,9H2. The minimum atomic E-state index is -0.292. The number of nitrogens with zero attached hydrogens (tertiary/aromatic N) is 1. The summed E-state index contributed by atoms with van der Waals surface area (Å²) in [6, 6.07) is 4.45. The number of ketones is 1. The Morgan fingerprint density at radius 2 is 2.11 bits per heavy atom. The second-order valence-electron chi connectivity index (χ2n) is 4.48. The molecule has 0 aliphatic carbocycles. The Labute approximate surface area is 114 Å². The molecular formula is C13H16BrFN2O. The fraction of sp³-hybridized carbons (Fsp3) is 0.462. The van der Waals surface area contributed by atoms with E-state index in [1.54, 1.807) is 6.07 Å². The van der Waals surface area contributed by atoms with Gasteiger partial charge >= 0.3 is 0 Å². The van der Waals surface area contributed by atoms with Gasteiger partial charge in [0.25, 0.3) is 0 Å². The molecule has 0 bridgehead atoms. The summed E-state index contributed by atoms with van der Waals surface area (Å²) in [4.78, 5) is 14.1. The molecule has 18 heavy (non-hydrogen) atoms. The molecule has 1 aliphatic heterocycles. The Balaban J connectivity index is 1.90. The molecular weight excluding hydrogens is 299 g/mol. The van der Waals surface area contributed by atoms with Gasteiger partial charge in [-0.05, 0) is 17.7 Å². The summed E-state index contributed by atoms with van der Waals surface area (Å²) in [6.07, 6.45) is 0.352. The number of carbonyl (C=O) groups is 1. The van der Waals surface area contributed by atoms with Gasteiger partial charge in [-0.15, -0.1) is 0 Å². The van der Waals surface area contributed by atoms with E-state index in [2.05, 4.69) is 26.1 Å². The first kappa shape index (κ1) is 13.6. The fourth-order valence-corrected chi connectivity index (χ4v) is 2.54. The summed E-state index contributed by atoms with van der Waals surface area (Å²) >= 11 is 3.28. The van der Waals surface area contributed by atoms with Gasteiger partial charge in [-0.1, -0.05) is 22.0 Å². The third-order valence-corrected chi connectivity index (χ3v) is 3.75. The van der Waals surface area contributed by atoms with Gasteiger partial charge in [-0.25, -0.2) is 4.39 Å². The largest absolute Gasteiger partial charge is 0.314 e. The number of carbonyl (C=O) groups excluding carboxylic acids is 1. The highest BCUT2D eigenvalue weighted by Crippen LogP contribution is 2.18. The molecule has 1 aromatic rings. The first-order valence-corrected chi connectivity index (χ1v) is 6.83. The highest BCUT2D eigenvalue weighted by atomic mass is 79.9. The van der Waals surface area contributed by atoms with Crippen LogP contribution in [0.5, 0.6) is 0 Å². The molecule has 5 heteroatoms. The summed E-state index contributed by atoms with van der Waals surface area (Å²) in [5.74, 6) is -0.121. The van der Waals surface area contributed by atoms with Gasteiger partial charge in [-0.3, -0.25) is 9.69 Å². The van der Waals surface area contributed by atoms with Crippen molar-refractivity contribution in [3.05, 3.63) is 34.1 Å². The summed E-state index contributed by atoms with van der Waals surface area (Å²) < 4.78 is 13.6. The maximum Gasteiger partial charge on any atom is 0.151 e. The number of Topliss-reactive ketones (excluding diaryl/α,β-unsaturated/α-hetero) is 1. The summed E-state index contributed by atoms with van der Waals surface area (Å²) in [5.41, 5.74) is 0.844. The lowest BCUT2D eigenvalue weighted by Gasteiger charge is -2.26. The van der Waals surface area contributed by atoms with Crippen molar-refractivity contribution in [2.75, 3.05) is 32.7 Å². The molecule has 3 nitrogen and oxygen atoms in total. The molecule has 0 atom stereocenters. The molecule has 0 radical (unpaired) electrons. The van der Waals surface area contributed by atoms with E-state index in [0.29, 0.717) is 17.4 Å². The van der Waals surface area contributed by atoms with E-state index in [4.69, 9.17) is 0 Å². The van der Waals surface area contributed by atoms with E-state index >= 15 is 0 Å². The second-order valence-corrected chi connectivity index (χ2v) is 5.33. The third kappa shape index (κ3) is 3.86. The van der Waals surface area contributed by atoms with Crippen LogP contribution in [0.1, 0.15) is 5.56 Å². The minimum absolute atomic E-state index is 0.171. The molecule has 1 aliphatic rings. The zero-order valence-electron chi connectivity index (χ0n) is 10.1. The number of benzene rings is 1. The Bertz CT molecular complexity index is 433. The van der Waals surface area contributed by atoms with Crippen molar-refractivity contribution in [3.8, 4) is 0 Å². The SMILES string of the molecule is O=C(Cc1ccc(F)cc1Br)CN1CCNCC1. The van der Waals surface area contributed by atoms with Gasteiger partial charge in [-0.2, -0.15) is 0 Å². The Morgan fingerprint density at radius 1 is 1.39 bits per heavy atom. The van der Waals surface area contributed by atoms with Gasteiger partial charge in [0, 0.05) is 37.1 Å². The predicted octanol–water partition coefficient (Wildman–Crippen LogP) is 1.60. The number of hydrogen-bond acceptors (Lipinski definition) is 3. The molecule has 0 amide bonds. The summed E-state index contributed by atoms with van der Waals surface area (Å²) in [7, 11) is 0. The molecule has 0 unspecified atom stereocenters. The minimum Gasteiger partial charge on any atom is -0.314 e. The van der Waals surface area contributed by atoms with E-state index in [0.717, 1.165) is 31.7 Å². The monoisotopic (exact) mass is 314 g/mol. The number of hydrogen-bond donors (Lipinski definition) is 1. The molecule has 0 spiro atoms. The maximum atomic E-state index is 12.9. The highest BCUT2D eigenvalue weighted by molar-refractivity contribution is 9.10. The Morgan fingerprint density at radius 3 is 2.78 bits per heavy atom. The zero-order chi connectivity index (χ0) is 13.0. The van der Waals surface area contributed by atoms with Crippen molar-refractivity contribution >= 4 is 21.7 Å². The lowest BCUT2D eigenvalue weighted by Crippen LogP contribution is -2.45. The number of nitrogens with one attached hydrogen (secondary N) is 1. The van der Waals surface area contributed by atoms with Crippen LogP contribution in [-0.4, -0.2) is 43.4 Å². The van der Waals surface area contributed by atoms with Crippen LogP contribution in [0.2, 0.25) is 0 Å². The van der Waals surface area contributed by atoms with Crippen molar-refractivity contribution in [2.24, 2.45) is 0 Å². The molecule has 98 valence electrons. The average Bonchev–Trinajstić information content (AvgIpc) is 2.34. The van der Waals surface area contributed by atoms with Gasteiger partial charge in [0.1, 0.15) is 5.82 Å². The van der Waals surface area contributed by atoms with Gasteiger partial charge in [0.2, 0.25) is 0 Å². The Hall–Kier alpha value is -0.780. The van der Waals surface area contributed by atoms with E-state index < -0.39 is 0 Å². The molecule has 2 rings (SSSR count). The third-order valence-electron chi connectivity index (χ3n) is 3.01. The zero-order valence-corrected chi connectivity index (χ0v) is 11.7. The van der Waals surface area contributed by atoms with Crippen LogP contribution in [-0.2, 0) is 11.2 Å². The lowest BCUT2D eigenvalue weighted by molar-refractivity contribution is -0.119. The van der Waals surface area contributed by atoms with Gasteiger partial charge < -0.3 is 5.32 Å². The van der Waals surface area contributed by atoms with Gasteiger partial charge in [0.05, 0.1) is 6.54 Å². The first-order valence-electron chi connectivity index (χ1n) is 6.04. The van der Waals surface area contributed by atoms with Crippen LogP contribution in [0, 0.1) is 5.82 Å². The summed E-state index contributed by atoms with van der Waals surface area (Å²) in [5, 5.41) is 3.25. The molecule has 1 heterocycles. The highest BCUT2D eigenvalue weighted by Gasteiger charge is 2.14. The van der Waals surface area contributed by atoms with Crippen molar-refractivity contribution in [3.63, 3.8) is 0 Å². The van der Waals surface area contributed by atoms with Crippen LogP contribution < -0.4 is 5.32 Å². The predicted molar refractivity (Wildman–Crippen MR) is 72.1 cm³/mol. The van der Waals surface area contributed by atoms with Gasteiger partial charge in [0.15, 0.2) is 5.78 Å². The first-order chi connectivity index (χ1) is 8.65. The number of piperazine rings is 1. The molecule has 0 aromatic heterocycles. The second kappa shape index (κ2) is 6.41. The topological polar surface area (TPSA) is 32.3 Å². The molecule has 1 aromatic carbocycles. The smallest absolute Gasteiger partial charge is 0.151 e. The molecule has 1 saturated heterocycles. The van der Waals surface area contributed by atoms with Crippen molar-refractivity contribution in [2.45, 2.75) is 6.42 Å². The van der Waals surface area contributed by atoms with Crippen molar-refractivity contribution < 1.29 is 9.18 Å². The van der Waals surface area contributed by atoms with E-state index in [-0.39, 0.29) is 11.6 Å². The lowest BCUT2D eigenvalue weighted by atomic mass is 10.1. The van der Waals surface area contributed by atoms with E-state index in [1.165, 1.54) is 12.1 Å². The molecule has 1 N–H and O–H groups in total. The van der Waals surface area contributed by atoms with E-state index in [1.807, 2.05) is 0 Å². The van der Waals surface area contributed by atoms with Crippen molar-refractivity contribution in [1.82, 2.24) is 10.2 Å². The number of rotatable bonds is 4. The average molecular weight is 315 g/mol. The Kier molecular flexibility index (Phi) is 4.86. The van der Waals surface area contributed by atoms with Crippen LogP contribution >= 0.6 is 15.9 Å². The normalized spacial score (nSPS) is 16.8. The molecule has 0 saturated carbocycles. The van der Waals surface area contributed by atoms with Crippen LogP contribution in [0.25, 0.3) is 0 Å². The van der Waals surface area contributed by atoms with E-state index in [9.17, 15) is 9.18 Å². The van der Waals surface area contributed by atoms with Crippen LogP contribution in [0.4, 0.5) is 4.39 Å². The van der Waals surface area contributed by atoms with Crippen molar-refractivity contribution in [1.29, 1.82) is 0 Å². The quantitative estimate of drug-likeness (QED) is 0.916. The maximum absolute atomic E-state index is 12.9. The van der Waals surface area contributed by atoms with Crippen LogP contribution in [0.3, 0.4) is 0 Å². The van der Waals surface area contributed by atoms with Crippen LogP contribution in [0.15, 0.2) is 22.7 Å². The molecule has 1 fully saturated rings. The number of halogens is 2. The fourth-order valence-electron chi connectivity index (χ4n) is 2.05.